The Morgan fingerprint density at radius 3 is 0.884 bits per heavy atom. The molecule has 0 bridgehead atoms. The van der Waals surface area contributed by atoms with Gasteiger partial charge in [0.15, 0.2) is 0 Å². The molecule has 0 N–H and O–H groups in total. The summed E-state index contributed by atoms with van der Waals surface area (Å²) in [6.07, 6.45) is 0. The van der Waals surface area contributed by atoms with Crippen LogP contribution in [-0.4, -0.2) is 50.5 Å². The van der Waals surface area contributed by atoms with Gasteiger partial charge in [-0.15, -0.1) is 0 Å². The van der Waals surface area contributed by atoms with Gasteiger partial charge in [-0.1, -0.05) is 54.6 Å². The van der Waals surface area contributed by atoms with Crippen LogP contribution in [0.1, 0.15) is 31.1 Å². The number of rotatable bonds is 12. The fourth-order valence-electron chi connectivity index (χ4n) is 3.07. The van der Waals surface area contributed by atoms with Gasteiger partial charge in [0.05, 0.1) is 17.9 Å². The number of hydrogen-bond acceptors (Lipinski definition) is 15. The fourth-order valence-corrected chi connectivity index (χ4v) is 6.39. The predicted octanol–water partition coefficient (Wildman–Crippen LogP) is -11.7. The summed E-state index contributed by atoms with van der Waals surface area (Å²) >= 11 is 0. The third-order valence-corrected chi connectivity index (χ3v) is 8.66. The SMILES string of the molecule is O=C([O-])c1ccccc1S(=O)(=O)OB(OS(=O)(=O)c1ccccc1C(=O)[O-])OS(=O)(=O)c1ccccc1C(=O)[O-].[Li+].[Li+].[Li+]. The summed E-state index contributed by atoms with van der Waals surface area (Å²) in [5.41, 5.74) is -2.97. The van der Waals surface area contributed by atoms with Crippen LogP contribution in [0.2, 0.25) is 0 Å². The largest absolute Gasteiger partial charge is 1.00 e. The number of hydrogen-bond donors (Lipinski definition) is 0. The predicted molar refractivity (Wildman–Crippen MR) is 123 cm³/mol. The van der Waals surface area contributed by atoms with E-state index in [1.54, 1.807) is 0 Å². The molecule has 0 spiro atoms. The van der Waals surface area contributed by atoms with Gasteiger partial charge < -0.3 is 29.7 Å². The molecule has 22 heteroatoms. The molecule has 0 aliphatic carbocycles. The van der Waals surface area contributed by atoms with Crippen molar-refractivity contribution in [1.82, 2.24) is 0 Å². The second-order valence-corrected chi connectivity index (χ2v) is 11.9. The van der Waals surface area contributed by atoms with Gasteiger partial charge in [0.2, 0.25) is 0 Å². The van der Waals surface area contributed by atoms with Crippen LogP contribution in [0.4, 0.5) is 0 Å². The Hall–Kier alpha value is -2.34. The van der Waals surface area contributed by atoms with Crippen molar-refractivity contribution in [2.24, 2.45) is 0 Å². The van der Waals surface area contributed by atoms with Crippen molar-refractivity contribution in [2.45, 2.75) is 14.7 Å². The Kier molecular flexibility index (Phi) is 15.2. The van der Waals surface area contributed by atoms with Crippen LogP contribution in [0, 0.1) is 0 Å². The topological polar surface area (TPSA) is 250 Å². The van der Waals surface area contributed by atoms with Crippen LogP contribution >= 0.6 is 0 Å². The van der Waals surface area contributed by atoms with Crippen LogP contribution in [0.5, 0.6) is 0 Å². The molecule has 210 valence electrons. The molecule has 0 amide bonds. The van der Waals surface area contributed by atoms with E-state index in [-0.39, 0.29) is 56.6 Å². The van der Waals surface area contributed by atoms with Crippen molar-refractivity contribution in [3.05, 3.63) is 89.5 Å². The van der Waals surface area contributed by atoms with E-state index in [9.17, 15) is 55.0 Å². The monoisotopic (exact) mass is 632 g/mol. The summed E-state index contributed by atoms with van der Waals surface area (Å²) < 4.78 is 90.8. The zero-order valence-corrected chi connectivity index (χ0v) is 24.8. The normalized spacial score (nSPS) is 11.2. The summed E-state index contributed by atoms with van der Waals surface area (Å²) in [5, 5.41) is 34.1. The van der Waals surface area contributed by atoms with Crippen LogP contribution in [0.25, 0.3) is 0 Å². The molecule has 3 aromatic rings. The van der Waals surface area contributed by atoms with Crippen LogP contribution in [0.15, 0.2) is 87.5 Å². The molecular weight excluding hydrogens is 620 g/mol. The third kappa shape index (κ3) is 9.82. The minimum absolute atomic E-state index is 0. The van der Waals surface area contributed by atoms with E-state index in [2.05, 4.69) is 12.3 Å². The van der Waals surface area contributed by atoms with Gasteiger partial charge >= 0.3 is 63.9 Å². The summed E-state index contributed by atoms with van der Waals surface area (Å²) in [5.74, 6) is -6.06. The first-order chi connectivity index (χ1) is 18.6. The summed E-state index contributed by atoms with van der Waals surface area (Å²) in [6.45, 7) is 0. The van der Waals surface area contributed by atoms with E-state index >= 15 is 0 Å². The number of carbonyl (C=O) groups excluding carboxylic acids is 3. The molecular formula is C21H12BLi3O15S3. The van der Waals surface area contributed by atoms with Crippen LogP contribution in [0.3, 0.4) is 0 Å². The Morgan fingerprint density at radius 1 is 0.465 bits per heavy atom. The van der Waals surface area contributed by atoms with Crippen molar-refractivity contribution in [3.8, 4) is 0 Å². The molecule has 0 aliphatic rings. The number of aromatic carboxylic acids is 3. The molecule has 43 heavy (non-hydrogen) atoms. The van der Waals surface area contributed by atoms with Crippen molar-refractivity contribution in [3.63, 3.8) is 0 Å². The maximum absolute atomic E-state index is 12.9. The van der Waals surface area contributed by atoms with Gasteiger partial charge in [-0.25, -0.2) is 0 Å². The first-order valence-corrected chi connectivity index (χ1v) is 14.5. The molecule has 0 atom stereocenters. The number of carboxylic acid groups (broad SMARTS) is 3. The van der Waals surface area contributed by atoms with Crippen molar-refractivity contribution in [1.29, 1.82) is 0 Å². The van der Waals surface area contributed by atoms with E-state index in [0.29, 0.717) is 18.2 Å². The molecule has 15 nitrogen and oxygen atoms in total. The van der Waals surface area contributed by atoms with Gasteiger partial charge in [0.1, 0.15) is 14.7 Å². The van der Waals surface area contributed by atoms with E-state index in [0.717, 1.165) is 54.6 Å². The molecule has 0 heterocycles. The number of carboxylic acids is 3. The average molecular weight is 632 g/mol. The second-order valence-electron chi connectivity index (χ2n) is 7.29. The molecule has 0 fully saturated rings. The fraction of sp³-hybridized carbons (Fsp3) is 0. The number of carbonyl (C=O) groups is 3. The Labute approximate surface area is 281 Å². The average Bonchev–Trinajstić information content (AvgIpc) is 2.87. The van der Waals surface area contributed by atoms with Crippen molar-refractivity contribution < 1.29 is 124 Å². The Morgan fingerprint density at radius 2 is 0.674 bits per heavy atom. The molecule has 3 rings (SSSR count). The number of benzene rings is 3. The molecule has 0 aromatic heterocycles. The minimum atomic E-state index is -5.45. The quantitative estimate of drug-likeness (QED) is 0.168. The van der Waals surface area contributed by atoms with E-state index in [1.807, 2.05) is 0 Å². The summed E-state index contributed by atoms with van der Waals surface area (Å²) in [6, 6.07) is 10.7. The summed E-state index contributed by atoms with van der Waals surface area (Å²) in [4.78, 5) is 30.7. The zero-order chi connectivity index (χ0) is 29.9. The molecule has 0 aliphatic heterocycles. The standard InChI is InChI=1S/C21H15BO15S3.3Li/c23-19(24)13-7-1-4-10-16(13)38(29,30)35-22(36-39(31,32)17-11-5-2-8-14(17)20(25)26)37-40(33,34)18-12-6-3-9-15(18)21(27)28;;;/h1-12H,(H,23,24)(H,25,26)(H,27,28);;;/q;3*+1/p-3. The van der Waals surface area contributed by atoms with Gasteiger partial charge in [-0.2, -0.15) is 25.3 Å². The molecule has 3 aromatic carbocycles. The Bertz CT molecular complexity index is 1620. The van der Waals surface area contributed by atoms with E-state index < -0.39 is 87.0 Å². The maximum Gasteiger partial charge on any atom is 1.00 e. The van der Waals surface area contributed by atoms with E-state index in [1.165, 1.54) is 0 Å². The van der Waals surface area contributed by atoms with Gasteiger partial charge in [-0.05, 0) is 18.2 Å². The second kappa shape index (κ2) is 16.1. The smallest absolute Gasteiger partial charge is 0.545 e. The molecule has 0 saturated carbocycles. The van der Waals surface area contributed by atoms with Gasteiger partial charge in [-0.3, -0.25) is 12.3 Å². The molecule has 0 unspecified atom stereocenters. The van der Waals surface area contributed by atoms with Crippen LogP contribution < -0.4 is 71.9 Å². The summed E-state index contributed by atoms with van der Waals surface area (Å²) in [7, 11) is -19.7. The van der Waals surface area contributed by atoms with E-state index in [4.69, 9.17) is 0 Å². The molecule has 0 radical (unpaired) electrons. The maximum atomic E-state index is 12.9. The first kappa shape index (κ1) is 40.7. The van der Waals surface area contributed by atoms with Crippen LogP contribution in [-0.2, 0) is 42.7 Å². The van der Waals surface area contributed by atoms with Crippen molar-refractivity contribution in [2.75, 3.05) is 0 Å². The van der Waals surface area contributed by atoms with Crippen molar-refractivity contribution >= 4 is 55.6 Å². The zero-order valence-electron chi connectivity index (χ0n) is 22.4. The first-order valence-electron chi connectivity index (χ1n) is 10.3. The minimum Gasteiger partial charge on any atom is -0.545 e. The Balaban J connectivity index is 0.00000588. The third-order valence-electron chi connectivity index (χ3n) is 4.74. The van der Waals surface area contributed by atoms with Gasteiger partial charge in [0.25, 0.3) is 30.4 Å². The van der Waals surface area contributed by atoms with Gasteiger partial charge in [0, 0.05) is 16.7 Å². The molecule has 0 saturated heterocycles.